The lowest BCUT2D eigenvalue weighted by Crippen LogP contribution is -2.34. The SMILES string of the molecule is O=C(NCC(F)(F)F)c1ccc(S(=O)(=O)N2CCCSc3ccccc32)cc1. The predicted molar refractivity (Wildman–Crippen MR) is 101 cm³/mol. The number of anilines is 1. The number of rotatable bonds is 4. The maximum Gasteiger partial charge on any atom is 0.405 e. The molecule has 0 bridgehead atoms. The summed E-state index contributed by atoms with van der Waals surface area (Å²) < 4.78 is 64.2. The van der Waals surface area contributed by atoms with Crippen molar-refractivity contribution in [2.75, 3.05) is 23.1 Å². The maximum absolute atomic E-state index is 13.1. The van der Waals surface area contributed by atoms with Gasteiger partial charge in [-0.1, -0.05) is 12.1 Å². The number of alkyl halides is 3. The Hall–Kier alpha value is -2.20. The normalized spacial score (nSPS) is 14.9. The minimum absolute atomic E-state index is 0.0263. The van der Waals surface area contributed by atoms with Gasteiger partial charge in [-0.3, -0.25) is 9.10 Å². The van der Waals surface area contributed by atoms with Gasteiger partial charge in [0.25, 0.3) is 15.9 Å². The highest BCUT2D eigenvalue weighted by molar-refractivity contribution is 7.99. The van der Waals surface area contributed by atoms with Crippen LogP contribution in [0.4, 0.5) is 18.9 Å². The fourth-order valence-electron chi connectivity index (χ4n) is 2.73. The third-order valence-corrected chi connectivity index (χ3v) is 7.03. The van der Waals surface area contributed by atoms with Crippen LogP contribution in [-0.4, -0.2) is 39.3 Å². The Bertz CT molecular complexity index is 961. The molecule has 28 heavy (non-hydrogen) atoms. The topological polar surface area (TPSA) is 66.5 Å². The van der Waals surface area contributed by atoms with Crippen LogP contribution in [-0.2, 0) is 10.0 Å². The van der Waals surface area contributed by atoms with Crippen LogP contribution in [0, 0.1) is 0 Å². The van der Waals surface area contributed by atoms with Gasteiger partial charge in [-0.25, -0.2) is 8.42 Å². The number of carbonyl (C=O) groups is 1. The summed E-state index contributed by atoms with van der Waals surface area (Å²) in [6.45, 7) is -1.13. The van der Waals surface area contributed by atoms with Crippen molar-refractivity contribution < 1.29 is 26.4 Å². The summed E-state index contributed by atoms with van der Waals surface area (Å²) in [5.74, 6) is -0.126. The van der Waals surface area contributed by atoms with E-state index in [4.69, 9.17) is 0 Å². The van der Waals surface area contributed by atoms with E-state index >= 15 is 0 Å². The number of amides is 1. The Labute approximate surface area is 165 Å². The number of halogens is 3. The molecule has 5 nitrogen and oxygen atoms in total. The van der Waals surface area contributed by atoms with Gasteiger partial charge in [0.2, 0.25) is 0 Å². The van der Waals surface area contributed by atoms with E-state index in [1.165, 1.54) is 28.6 Å². The van der Waals surface area contributed by atoms with Crippen molar-refractivity contribution in [1.82, 2.24) is 5.32 Å². The van der Waals surface area contributed by atoms with E-state index < -0.39 is 28.7 Å². The molecule has 1 amide bonds. The van der Waals surface area contributed by atoms with Crippen molar-refractivity contribution in [3.63, 3.8) is 0 Å². The standard InChI is InChI=1S/C18H17F3N2O3S2/c19-18(20,21)12-22-17(24)13-6-8-14(9-7-13)28(25,26)23-10-3-11-27-16-5-2-1-4-15(16)23/h1-2,4-9H,3,10-12H2,(H,22,24). The highest BCUT2D eigenvalue weighted by atomic mass is 32.2. The number of carbonyl (C=O) groups excluding carboxylic acids is 1. The van der Waals surface area contributed by atoms with Crippen LogP contribution in [0.15, 0.2) is 58.3 Å². The molecule has 2 aromatic carbocycles. The number of sulfonamides is 1. The lowest BCUT2D eigenvalue weighted by Gasteiger charge is -2.24. The monoisotopic (exact) mass is 430 g/mol. The minimum atomic E-state index is -4.52. The van der Waals surface area contributed by atoms with Gasteiger partial charge in [-0.15, -0.1) is 11.8 Å². The summed E-state index contributed by atoms with van der Waals surface area (Å²) in [7, 11) is -3.87. The second kappa shape index (κ2) is 8.04. The van der Waals surface area contributed by atoms with Gasteiger partial charge < -0.3 is 5.32 Å². The molecule has 0 saturated heterocycles. The molecule has 150 valence electrons. The summed E-state index contributed by atoms with van der Waals surface area (Å²) in [5, 5.41) is 1.76. The molecule has 3 rings (SSSR count). The molecule has 0 aromatic heterocycles. The molecule has 0 atom stereocenters. The number of hydrogen-bond acceptors (Lipinski definition) is 4. The molecule has 1 aliphatic rings. The molecule has 0 saturated carbocycles. The number of nitrogens with one attached hydrogen (secondary N) is 1. The van der Waals surface area contributed by atoms with E-state index in [0.717, 1.165) is 10.6 Å². The first-order valence-electron chi connectivity index (χ1n) is 8.38. The van der Waals surface area contributed by atoms with Crippen molar-refractivity contribution in [2.24, 2.45) is 0 Å². The smallest absolute Gasteiger partial charge is 0.343 e. The molecule has 1 N–H and O–H groups in total. The summed E-state index contributed by atoms with van der Waals surface area (Å²) in [6, 6.07) is 12.1. The molecule has 10 heteroatoms. The third-order valence-electron chi connectivity index (χ3n) is 4.05. The fraction of sp³-hybridized carbons (Fsp3) is 0.278. The van der Waals surface area contributed by atoms with Crippen molar-refractivity contribution in [1.29, 1.82) is 0 Å². The Morgan fingerprint density at radius 1 is 1.11 bits per heavy atom. The van der Waals surface area contributed by atoms with E-state index in [-0.39, 0.29) is 10.5 Å². The summed E-state index contributed by atoms with van der Waals surface area (Å²) >= 11 is 1.59. The quantitative estimate of drug-likeness (QED) is 0.804. The zero-order valence-electron chi connectivity index (χ0n) is 14.6. The van der Waals surface area contributed by atoms with Crippen LogP contribution in [0.5, 0.6) is 0 Å². The zero-order valence-corrected chi connectivity index (χ0v) is 16.2. The van der Waals surface area contributed by atoms with Gasteiger partial charge in [0, 0.05) is 17.0 Å². The third kappa shape index (κ3) is 4.61. The molecule has 0 fully saturated rings. The summed E-state index contributed by atoms with van der Waals surface area (Å²) in [6.07, 6.45) is -3.84. The van der Waals surface area contributed by atoms with E-state index in [9.17, 15) is 26.4 Å². The highest BCUT2D eigenvalue weighted by Crippen LogP contribution is 2.36. The fourth-order valence-corrected chi connectivity index (χ4v) is 5.31. The molecule has 1 heterocycles. The Morgan fingerprint density at radius 2 is 1.79 bits per heavy atom. The number of hydrogen-bond donors (Lipinski definition) is 1. The molecule has 0 unspecified atom stereocenters. The number of benzene rings is 2. The Kier molecular flexibility index (Phi) is 5.90. The second-order valence-electron chi connectivity index (χ2n) is 6.07. The van der Waals surface area contributed by atoms with Crippen LogP contribution >= 0.6 is 11.8 Å². The van der Waals surface area contributed by atoms with E-state index in [2.05, 4.69) is 0 Å². The predicted octanol–water partition coefficient (Wildman–Crippen LogP) is 3.67. The van der Waals surface area contributed by atoms with Crippen LogP contribution < -0.4 is 9.62 Å². The van der Waals surface area contributed by atoms with Crippen LogP contribution in [0.3, 0.4) is 0 Å². The molecule has 2 aromatic rings. The number of thioether (sulfide) groups is 1. The van der Waals surface area contributed by atoms with Crippen LogP contribution in [0.25, 0.3) is 0 Å². The van der Waals surface area contributed by atoms with Gasteiger partial charge in [0.15, 0.2) is 0 Å². The van der Waals surface area contributed by atoms with E-state index in [1.54, 1.807) is 29.2 Å². The first-order chi connectivity index (χ1) is 13.2. The van der Waals surface area contributed by atoms with Crippen molar-refractivity contribution >= 4 is 33.4 Å². The number of fused-ring (bicyclic) bond motifs is 1. The average molecular weight is 430 g/mol. The van der Waals surface area contributed by atoms with Gasteiger partial charge >= 0.3 is 6.18 Å². The highest BCUT2D eigenvalue weighted by Gasteiger charge is 2.29. The zero-order chi connectivity index (χ0) is 20.4. The van der Waals surface area contributed by atoms with Crippen LogP contribution in [0.2, 0.25) is 0 Å². The first kappa shape index (κ1) is 20.5. The molecular formula is C18H17F3N2O3S2. The summed E-state index contributed by atoms with van der Waals surface area (Å²) in [4.78, 5) is 12.6. The molecule has 0 aliphatic carbocycles. The Morgan fingerprint density at radius 3 is 2.46 bits per heavy atom. The van der Waals surface area contributed by atoms with E-state index in [0.29, 0.717) is 18.7 Å². The largest absolute Gasteiger partial charge is 0.405 e. The number of para-hydroxylation sites is 1. The average Bonchev–Trinajstić information content (AvgIpc) is 2.88. The van der Waals surface area contributed by atoms with Gasteiger partial charge in [-0.05, 0) is 48.6 Å². The first-order valence-corrected chi connectivity index (χ1v) is 10.8. The lowest BCUT2D eigenvalue weighted by molar-refractivity contribution is -0.123. The Balaban J connectivity index is 1.84. The number of nitrogens with zero attached hydrogens (tertiary/aromatic N) is 1. The van der Waals surface area contributed by atoms with Gasteiger partial charge in [-0.2, -0.15) is 13.2 Å². The van der Waals surface area contributed by atoms with Crippen molar-refractivity contribution in [3.05, 3.63) is 54.1 Å². The molecule has 0 spiro atoms. The van der Waals surface area contributed by atoms with Crippen molar-refractivity contribution in [3.8, 4) is 0 Å². The van der Waals surface area contributed by atoms with Gasteiger partial charge in [0.05, 0.1) is 10.6 Å². The maximum atomic E-state index is 13.1. The molecule has 0 radical (unpaired) electrons. The van der Waals surface area contributed by atoms with E-state index in [1.807, 2.05) is 12.1 Å². The minimum Gasteiger partial charge on any atom is -0.343 e. The molecule has 1 aliphatic heterocycles. The van der Waals surface area contributed by atoms with Crippen molar-refractivity contribution in [2.45, 2.75) is 22.4 Å². The van der Waals surface area contributed by atoms with Crippen LogP contribution in [0.1, 0.15) is 16.8 Å². The lowest BCUT2D eigenvalue weighted by atomic mass is 10.2. The summed E-state index contributed by atoms with van der Waals surface area (Å²) in [5.41, 5.74) is 0.548. The second-order valence-corrected chi connectivity index (χ2v) is 9.07. The van der Waals surface area contributed by atoms with Gasteiger partial charge in [0.1, 0.15) is 6.54 Å². The molecular weight excluding hydrogens is 413 g/mol.